The van der Waals surface area contributed by atoms with Gasteiger partial charge in [-0.05, 0) is 55.9 Å². The van der Waals surface area contributed by atoms with E-state index in [1.807, 2.05) is 104 Å². The summed E-state index contributed by atoms with van der Waals surface area (Å²) < 4.78 is 19.3. The Morgan fingerprint density at radius 3 is 1.72 bits per heavy atom. The third-order valence-electron chi connectivity index (χ3n) is 6.56. The van der Waals surface area contributed by atoms with E-state index in [2.05, 4.69) is 0 Å². The van der Waals surface area contributed by atoms with Gasteiger partial charge in [0.1, 0.15) is 12.4 Å². The maximum Gasteiger partial charge on any atom is 0.152 e. The minimum absolute atomic E-state index is 0.000453. The summed E-state index contributed by atoms with van der Waals surface area (Å²) in [6.45, 7) is 4.78. The standard InChI is InChI=1S/C34H40O5/c1-27(36)14-12-13-21-32(23-35)22-33(38-25-30-17-8-4-9-18-30)34(39-26-31-19-10-5-11-20-31)28(2)37-24-29-15-6-3-7-16-29/h3-12,14-20,23,28,32-34H,13,21-22,24-26H2,1-2H3/b14-12+/t28-,32+,33?,34-/m0/s1. The van der Waals surface area contributed by atoms with Gasteiger partial charge in [0.25, 0.3) is 0 Å². The Hall–Kier alpha value is -3.38. The van der Waals surface area contributed by atoms with Gasteiger partial charge in [-0.2, -0.15) is 0 Å². The van der Waals surface area contributed by atoms with Crippen molar-refractivity contribution in [3.63, 3.8) is 0 Å². The minimum Gasteiger partial charge on any atom is -0.371 e. The van der Waals surface area contributed by atoms with Crippen LogP contribution < -0.4 is 0 Å². The van der Waals surface area contributed by atoms with Crippen molar-refractivity contribution in [2.24, 2.45) is 5.92 Å². The molecule has 0 amide bonds. The van der Waals surface area contributed by atoms with Crippen molar-refractivity contribution in [1.29, 1.82) is 0 Å². The molecule has 3 aromatic rings. The number of aldehydes is 1. The summed E-state index contributed by atoms with van der Waals surface area (Å²) in [7, 11) is 0. The van der Waals surface area contributed by atoms with Crippen LogP contribution in [0.15, 0.2) is 103 Å². The van der Waals surface area contributed by atoms with Gasteiger partial charge in [-0.3, -0.25) is 4.79 Å². The molecule has 4 atom stereocenters. The fourth-order valence-electron chi connectivity index (χ4n) is 4.38. The second-order valence-corrected chi connectivity index (χ2v) is 9.82. The minimum atomic E-state index is -0.409. The maximum atomic E-state index is 12.1. The first-order valence-corrected chi connectivity index (χ1v) is 13.6. The third-order valence-corrected chi connectivity index (χ3v) is 6.56. The molecule has 0 aliphatic rings. The lowest BCUT2D eigenvalue weighted by atomic mass is 9.93. The van der Waals surface area contributed by atoms with Gasteiger partial charge < -0.3 is 19.0 Å². The zero-order chi connectivity index (χ0) is 27.7. The Balaban J connectivity index is 1.79. The highest BCUT2D eigenvalue weighted by Crippen LogP contribution is 2.24. The van der Waals surface area contributed by atoms with Crippen LogP contribution in [0.25, 0.3) is 0 Å². The van der Waals surface area contributed by atoms with Gasteiger partial charge in [0.15, 0.2) is 5.78 Å². The molecule has 0 spiro atoms. The fraction of sp³-hybridized carbons (Fsp3) is 0.353. The van der Waals surface area contributed by atoms with Crippen LogP contribution in [0.1, 0.15) is 49.8 Å². The maximum absolute atomic E-state index is 12.1. The Kier molecular flexibility index (Phi) is 13.3. The molecule has 5 heteroatoms. The van der Waals surface area contributed by atoms with Gasteiger partial charge in [0.2, 0.25) is 0 Å². The Morgan fingerprint density at radius 2 is 1.23 bits per heavy atom. The molecular weight excluding hydrogens is 488 g/mol. The van der Waals surface area contributed by atoms with Gasteiger partial charge in [-0.25, -0.2) is 0 Å². The van der Waals surface area contributed by atoms with Crippen LogP contribution in [0.4, 0.5) is 0 Å². The molecule has 206 valence electrons. The number of ether oxygens (including phenoxy) is 3. The molecule has 0 bridgehead atoms. The number of hydrogen-bond acceptors (Lipinski definition) is 5. The number of hydrogen-bond donors (Lipinski definition) is 0. The fourth-order valence-corrected chi connectivity index (χ4v) is 4.38. The van der Waals surface area contributed by atoms with Crippen LogP contribution in [-0.4, -0.2) is 30.4 Å². The molecule has 0 aromatic heterocycles. The van der Waals surface area contributed by atoms with Gasteiger partial charge in [-0.1, -0.05) is 97.1 Å². The summed E-state index contributed by atoms with van der Waals surface area (Å²) in [6.07, 6.45) is 5.05. The van der Waals surface area contributed by atoms with Crippen molar-refractivity contribution >= 4 is 12.1 Å². The summed E-state index contributed by atoms with van der Waals surface area (Å²) in [5, 5.41) is 0. The number of ketones is 1. The largest absolute Gasteiger partial charge is 0.371 e. The lowest BCUT2D eigenvalue weighted by Crippen LogP contribution is -2.42. The van der Waals surface area contributed by atoms with Crippen molar-refractivity contribution in [2.75, 3.05) is 0 Å². The van der Waals surface area contributed by atoms with E-state index in [1.165, 1.54) is 6.92 Å². The molecule has 3 rings (SSSR count). The van der Waals surface area contributed by atoms with Crippen LogP contribution in [-0.2, 0) is 43.6 Å². The number of carbonyl (C=O) groups excluding carboxylic acids is 2. The Bertz CT molecular complexity index is 1110. The highest BCUT2D eigenvalue weighted by atomic mass is 16.6. The average Bonchev–Trinajstić information content (AvgIpc) is 2.97. The van der Waals surface area contributed by atoms with E-state index < -0.39 is 6.10 Å². The quantitative estimate of drug-likeness (QED) is 0.133. The van der Waals surface area contributed by atoms with Crippen molar-refractivity contribution in [3.8, 4) is 0 Å². The van der Waals surface area contributed by atoms with E-state index in [9.17, 15) is 9.59 Å². The lowest BCUT2D eigenvalue weighted by molar-refractivity contribution is -0.152. The van der Waals surface area contributed by atoms with E-state index in [-0.39, 0.29) is 23.9 Å². The molecule has 0 heterocycles. The van der Waals surface area contributed by atoms with E-state index in [0.29, 0.717) is 39.1 Å². The van der Waals surface area contributed by atoms with Gasteiger partial charge in [0, 0.05) is 5.92 Å². The molecule has 0 saturated heterocycles. The van der Waals surface area contributed by atoms with E-state index >= 15 is 0 Å². The zero-order valence-corrected chi connectivity index (χ0v) is 23.0. The molecule has 1 unspecified atom stereocenters. The molecular formula is C34H40O5. The SMILES string of the molecule is CC(=O)/C=C/CC[C@@H](C=O)CC(OCc1ccccc1)[C@@H](OCc1ccccc1)[C@H](C)OCc1ccccc1. The first kappa shape index (κ1) is 30.2. The number of allylic oxidation sites excluding steroid dienone is 2. The topological polar surface area (TPSA) is 61.8 Å². The van der Waals surface area contributed by atoms with Crippen LogP contribution in [0.2, 0.25) is 0 Å². The average molecular weight is 529 g/mol. The predicted octanol–water partition coefficient (Wildman–Crippen LogP) is 6.89. The monoisotopic (exact) mass is 528 g/mol. The number of benzene rings is 3. The van der Waals surface area contributed by atoms with E-state index in [0.717, 1.165) is 23.0 Å². The summed E-state index contributed by atoms with van der Waals surface area (Å²) in [5.74, 6) is -0.244. The highest BCUT2D eigenvalue weighted by molar-refractivity contribution is 5.87. The second-order valence-electron chi connectivity index (χ2n) is 9.82. The van der Waals surface area contributed by atoms with Crippen molar-refractivity contribution < 1.29 is 23.8 Å². The van der Waals surface area contributed by atoms with Crippen LogP contribution in [0.5, 0.6) is 0 Å². The molecule has 0 fully saturated rings. The molecule has 0 radical (unpaired) electrons. The first-order valence-electron chi connectivity index (χ1n) is 13.6. The lowest BCUT2D eigenvalue weighted by Gasteiger charge is -2.33. The first-order chi connectivity index (χ1) is 19.0. The van der Waals surface area contributed by atoms with E-state index in [4.69, 9.17) is 14.2 Å². The normalized spacial score (nSPS) is 14.5. The molecule has 0 N–H and O–H groups in total. The smallest absolute Gasteiger partial charge is 0.152 e. The summed E-state index contributed by atoms with van der Waals surface area (Å²) in [4.78, 5) is 23.4. The van der Waals surface area contributed by atoms with Crippen molar-refractivity contribution in [2.45, 2.75) is 71.2 Å². The molecule has 0 saturated carbocycles. The number of carbonyl (C=O) groups is 2. The molecule has 3 aromatic carbocycles. The molecule has 5 nitrogen and oxygen atoms in total. The molecule has 39 heavy (non-hydrogen) atoms. The molecule has 0 aliphatic carbocycles. The predicted molar refractivity (Wildman–Crippen MR) is 154 cm³/mol. The van der Waals surface area contributed by atoms with Crippen LogP contribution in [0.3, 0.4) is 0 Å². The van der Waals surface area contributed by atoms with Crippen LogP contribution in [0, 0.1) is 5.92 Å². The summed E-state index contributed by atoms with van der Waals surface area (Å²) in [6, 6.07) is 30.1. The Labute approximate surface area is 232 Å². The zero-order valence-electron chi connectivity index (χ0n) is 23.0. The second kappa shape index (κ2) is 17.3. The van der Waals surface area contributed by atoms with Crippen molar-refractivity contribution in [3.05, 3.63) is 120 Å². The van der Waals surface area contributed by atoms with Crippen LogP contribution >= 0.6 is 0 Å². The number of rotatable bonds is 18. The molecule has 0 aliphatic heterocycles. The highest BCUT2D eigenvalue weighted by Gasteiger charge is 2.32. The van der Waals surface area contributed by atoms with Gasteiger partial charge in [-0.15, -0.1) is 0 Å². The summed E-state index contributed by atoms with van der Waals surface area (Å²) >= 11 is 0. The Morgan fingerprint density at radius 1 is 0.744 bits per heavy atom. The van der Waals surface area contributed by atoms with Gasteiger partial charge >= 0.3 is 0 Å². The van der Waals surface area contributed by atoms with Crippen molar-refractivity contribution in [1.82, 2.24) is 0 Å². The van der Waals surface area contributed by atoms with E-state index in [1.54, 1.807) is 6.08 Å². The van der Waals surface area contributed by atoms with Gasteiger partial charge in [0.05, 0.1) is 32.0 Å². The summed E-state index contributed by atoms with van der Waals surface area (Å²) in [5.41, 5.74) is 3.19. The third kappa shape index (κ3) is 11.5.